The molecule has 0 unspecified atom stereocenters. The first-order chi connectivity index (χ1) is 12.3. The molecule has 3 nitrogen and oxygen atoms in total. The van der Waals surface area contributed by atoms with Crippen molar-refractivity contribution in [1.29, 1.82) is 0 Å². The zero-order valence-corrected chi connectivity index (χ0v) is 16.1. The third kappa shape index (κ3) is 4.53. The van der Waals surface area contributed by atoms with Gasteiger partial charge in [-0.25, -0.2) is 4.79 Å². The van der Waals surface area contributed by atoms with E-state index in [1.165, 1.54) is 11.1 Å². The zero-order valence-electron chi connectivity index (χ0n) is 16.1. The minimum absolute atomic E-state index is 0.201. The van der Waals surface area contributed by atoms with Gasteiger partial charge in [0.2, 0.25) is 0 Å². The topological polar surface area (TPSA) is 35.5 Å². The van der Waals surface area contributed by atoms with E-state index in [9.17, 15) is 4.79 Å². The van der Waals surface area contributed by atoms with Crippen molar-refractivity contribution in [3.8, 4) is 0 Å². The fraction of sp³-hybridized carbons (Fsp3) is 0.435. The van der Waals surface area contributed by atoms with Gasteiger partial charge < -0.3 is 9.47 Å². The van der Waals surface area contributed by atoms with E-state index in [1.807, 2.05) is 51.1 Å². The summed E-state index contributed by atoms with van der Waals surface area (Å²) in [7, 11) is 0. The number of benzene rings is 2. The summed E-state index contributed by atoms with van der Waals surface area (Å²) < 4.78 is 11.8. The lowest BCUT2D eigenvalue weighted by molar-refractivity contribution is -0.0317. The monoisotopic (exact) mass is 352 g/mol. The van der Waals surface area contributed by atoms with Crippen molar-refractivity contribution < 1.29 is 14.3 Å². The second-order valence-electron chi connectivity index (χ2n) is 8.28. The second-order valence-corrected chi connectivity index (χ2v) is 8.28. The Balaban J connectivity index is 1.61. The molecule has 0 saturated carbocycles. The Hall–Kier alpha value is -2.13. The van der Waals surface area contributed by atoms with Crippen molar-refractivity contribution in [3.63, 3.8) is 0 Å². The molecule has 2 aromatic rings. The van der Waals surface area contributed by atoms with Gasteiger partial charge in [0.25, 0.3) is 0 Å². The molecule has 138 valence electrons. The summed E-state index contributed by atoms with van der Waals surface area (Å²) in [6, 6.07) is 18.1. The van der Waals surface area contributed by atoms with E-state index < -0.39 is 5.60 Å². The molecule has 2 aromatic carbocycles. The van der Waals surface area contributed by atoms with Crippen LogP contribution in [0.1, 0.15) is 62.0 Å². The summed E-state index contributed by atoms with van der Waals surface area (Å²) in [4.78, 5) is 12.1. The van der Waals surface area contributed by atoms with Crippen molar-refractivity contribution in [2.75, 3.05) is 0 Å². The molecule has 0 N–H and O–H groups in total. The van der Waals surface area contributed by atoms with Crippen LogP contribution >= 0.6 is 0 Å². The van der Waals surface area contributed by atoms with E-state index >= 15 is 0 Å². The molecule has 0 amide bonds. The van der Waals surface area contributed by atoms with Crippen molar-refractivity contribution in [2.24, 2.45) is 0 Å². The van der Waals surface area contributed by atoms with Crippen LogP contribution in [0.5, 0.6) is 0 Å². The number of hydrogen-bond acceptors (Lipinski definition) is 3. The van der Waals surface area contributed by atoms with Gasteiger partial charge in [0.1, 0.15) is 5.60 Å². The van der Waals surface area contributed by atoms with Crippen molar-refractivity contribution in [1.82, 2.24) is 0 Å². The molecule has 1 saturated heterocycles. The fourth-order valence-corrected chi connectivity index (χ4v) is 3.45. The molecular formula is C23H28O3. The Morgan fingerprint density at radius 3 is 2.38 bits per heavy atom. The van der Waals surface area contributed by atoms with Gasteiger partial charge in [0.15, 0.2) is 0 Å². The summed E-state index contributed by atoms with van der Waals surface area (Å²) in [6.07, 6.45) is 3.13. The van der Waals surface area contributed by atoms with Crippen LogP contribution in [-0.2, 0) is 21.5 Å². The van der Waals surface area contributed by atoms with Crippen LogP contribution in [0.4, 0.5) is 0 Å². The summed E-state index contributed by atoms with van der Waals surface area (Å²) in [5, 5.41) is 0. The van der Waals surface area contributed by atoms with Gasteiger partial charge in [0, 0.05) is 0 Å². The summed E-state index contributed by atoms with van der Waals surface area (Å²) in [5.41, 5.74) is 2.32. The van der Waals surface area contributed by atoms with E-state index in [1.54, 1.807) is 0 Å². The summed E-state index contributed by atoms with van der Waals surface area (Å²) >= 11 is 0. The lowest BCUT2D eigenvalue weighted by Gasteiger charge is -2.25. The Labute approximate surface area is 156 Å². The predicted molar refractivity (Wildman–Crippen MR) is 103 cm³/mol. The lowest BCUT2D eigenvalue weighted by Crippen LogP contribution is -2.24. The van der Waals surface area contributed by atoms with E-state index in [-0.39, 0.29) is 17.7 Å². The highest BCUT2D eigenvalue weighted by molar-refractivity contribution is 5.89. The molecule has 0 radical (unpaired) electrons. The molecule has 3 rings (SSSR count). The smallest absolute Gasteiger partial charge is 0.338 e. The molecule has 0 aromatic heterocycles. The number of carbonyl (C=O) groups excluding carboxylic acids is 1. The van der Waals surface area contributed by atoms with E-state index in [0.29, 0.717) is 5.56 Å². The molecular weight excluding hydrogens is 324 g/mol. The first kappa shape index (κ1) is 18.7. The Morgan fingerprint density at radius 2 is 1.77 bits per heavy atom. The number of carbonyl (C=O) groups is 1. The van der Waals surface area contributed by atoms with E-state index in [0.717, 1.165) is 19.3 Å². The summed E-state index contributed by atoms with van der Waals surface area (Å²) in [5.74, 6) is -0.280. The molecule has 0 spiro atoms. The molecule has 1 aliphatic heterocycles. The van der Waals surface area contributed by atoms with Crippen LogP contribution in [-0.4, -0.2) is 17.7 Å². The van der Waals surface area contributed by atoms with Crippen LogP contribution in [0.3, 0.4) is 0 Å². The van der Waals surface area contributed by atoms with Crippen molar-refractivity contribution in [2.45, 2.75) is 64.3 Å². The van der Waals surface area contributed by atoms with Gasteiger partial charge in [-0.15, -0.1) is 0 Å². The Morgan fingerprint density at radius 1 is 1.12 bits per heavy atom. The lowest BCUT2D eigenvalue weighted by atomic mass is 9.92. The fourth-order valence-electron chi connectivity index (χ4n) is 3.45. The van der Waals surface area contributed by atoms with Gasteiger partial charge in [-0.2, -0.15) is 0 Å². The Kier molecular flexibility index (Phi) is 5.19. The number of rotatable bonds is 4. The van der Waals surface area contributed by atoms with E-state index in [4.69, 9.17) is 9.47 Å². The van der Waals surface area contributed by atoms with Crippen LogP contribution in [0, 0.1) is 0 Å². The van der Waals surface area contributed by atoms with Gasteiger partial charge >= 0.3 is 5.97 Å². The average Bonchev–Trinajstić information content (AvgIpc) is 2.97. The van der Waals surface area contributed by atoms with Crippen LogP contribution in [0.15, 0.2) is 54.6 Å². The summed E-state index contributed by atoms with van der Waals surface area (Å²) in [6.45, 7) is 7.80. The van der Waals surface area contributed by atoms with Gasteiger partial charge in [0.05, 0.1) is 17.3 Å². The number of hydrogen-bond donors (Lipinski definition) is 0. The minimum Gasteiger partial charge on any atom is -0.456 e. The number of esters is 1. The second kappa shape index (κ2) is 7.24. The maximum Gasteiger partial charge on any atom is 0.338 e. The van der Waals surface area contributed by atoms with Crippen molar-refractivity contribution >= 4 is 5.97 Å². The van der Waals surface area contributed by atoms with Gasteiger partial charge in [-0.3, -0.25) is 0 Å². The van der Waals surface area contributed by atoms with Crippen LogP contribution in [0.2, 0.25) is 0 Å². The van der Waals surface area contributed by atoms with E-state index in [2.05, 4.69) is 31.2 Å². The highest BCUT2D eigenvalue weighted by Gasteiger charge is 2.37. The van der Waals surface area contributed by atoms with Crippen LogP contribution in [0.25, 0.3) is 0 Å². The first-order valence-electron chi connectivity index (χ1n) is 9.31. The predicted octanol–water partition coefficient (Wildman–Crippen LogP) is 5.28. The molecule has 0 bridgehead atoms. The standard InChI is InChI=1S/C23H28O3/c1-22(2,3)26-21(24)18-12-10-17(11-13-18)16-20-14-15-23(4,25-20)19-8-6-5-7-9-19/h5-13,20H,14-16H2,1-4H3/t20-,23-/m0/s1. The highest BCUT2D eigenvalue weighted by Crippen LogP contribution is 2.39. The largest absolute Gasteiger partial charge is 0.456 e. The molecule has 1 fully saturated rings. The molecule has 2 atom stereocenters. The molecule has 0 aliphatic carbocycles. The van der Waals surface area contributed by atoms with Crippen LogP contribution < -0.4 is 0 Å². The van der Waals surface area contributed by atoms with Gasteiger partial charge in [-0.1, -0.05) is 42.5 Å². The zero-order chi connectivity index (χ0) is 18.8. The molecule has 26 heavy (non-hydrogen) atoms. The molecule has 3 heteroatoms. The Bertz CT molecular complexity index is 743. The minimum atomic E-state index is -0.477. The SMILES string of the molecule is CC(C)(C)OC(=O)c1ccc(C[C@@H]2CC[C@@](C)(c3ccccc3)O2)cc1. The molecule has 1 heterocycles. The van der Waals surface area contributed by atoms with Gasteiger partial charge in [-0.05, 0) is 70.2 Å². The number of ether oxygens (including phenoxy) is 2. The van der Waals surface area contributed by atoms with Crippen molar-refractivity contribution in [3.05, 3.63) is 71.3 Å². The average molecular weight is 352 g/mol. The highest BCUT2D eigenvalue weighted by atomic mass is 16.6. The maximum atomic E-state index is 12.1. The molecule has 1 aliphatic rings. The maximum absolute atomic E-state index is 12.1. The quantitative estimate of drug-likeness (QED) is 0.702. The third-order valence-electron chi connectivity index (χ3n) is 4.81. The third-order valence-corrected chi connectivity index (χ3v) is 4.81. The first-order valence-corrected chi connectivity index (χ1v) is 9.31. The normalized spacial score (nSPS) is 23.0.